The monoisotopic (exact) mass is 375 g/mol. The third-order valence-corrected chi connectivity index (χ3v) is 4.48. The average molecular weight is 375 g/mol. The first-order chi connectivity index (χ1) is 13.0. The van der Waals surface area contributed by atoms with E-state index in [9.17, 15) is 19.2 Å². The van der Waals surface area contributed by atoms with Gasteiger partial charge in [0.2, 0.25) is 11.8 Å². The number of benzene rings is 1. The number of hydrogen-bond donors (Lipinski definition) is 3. The predicted molar refractivity (Wildman–Crippen MR) is 94.1 cm³/mol. The van der Waals surface area contributed by atoms with Crippen LogP contribution < -0.4 is 10.6 Å². The summed E-state index contributed by atoms with van der Waals surface area (Å²) in [4.78, 5) is 49.9. The van der Waals surface area contributed by atoms with Crippen molar-refractivity contribution in [2.75, 3.05) is 31.7 Å². The molecule has 3 rings (SSSR count). The summed E-state index contributed by atoms with van der Waals surface area (Å²) in [5.74, 6) is -2.12. The molecule has 144 valence electrons. The molecule has 1 aromatic carbocycles. The first-order valence-electron chi connectivity index (χ1n) is 8.81. The molecule has 2 heterocycles. The Balaban J connectivity index is 1.72. The molecule has 0 bridgehead atoms. The number of piperidine rings is 1. The van der Waals surface area contributed by atoms with Gasteiger partial charge in [0.25, 0.3) is 11.8 Å². The highest BCUT2D eigenvalue weighted by Gasteiger charge is 2.45. The lowest BCUT2D eigenvalue weighted by Crippen LogP contribution is -2.54. The molecule has 0 radical (unpaired) electrons. The molecular formula is C18H21N3O6. The van der Waals surface area contributed by atoms with E-state index in [4.69, 9.17) is 9.84 Å². The number of carbonyl (C=O) groups excluding carboxylic acids is 4. The van der Waals surface area contributed by atoms with E-state index in [1.165, 1.54) is 0 Å². The van der Waals surface area contributed by atoms with Crippen molar-refractivity contribution >= 4 is 29.3 Å². The first kappa shape index (κ1) is 19.0. The maximum atomic E-state index is 12.9. The van der Waals surface area contributed by atoms with E-state index >= 15 is 0 Å². The summed E-state index contributed by atoms with van der Waals surface area (Å²) >= 11 is 0. The minimum absolute atomic E-state index is 0.0619. The van der Waals surface area contributed by atoms with Gasteiger partial charge in [-0.05, 0) is 25.0 Å². The van der Waals surface area contributed by atoms with E-state index in [2.05, 4.69) is 10.6 Å². The number of anilines is 1. The second-order valence-corrected chi connectivity index (χ2v) is 6.29. The van der Waals surface area contributed by atoms with Crippen LogP contribution in [0.4, 0.5) is 5.69 Å². The van der Waals surface area contributed by atoms with Crippen molar-refractivity contribution in [1.29, 1.82) is 0 Å². The molecule has 0 aromatic heterocycles. The van der Waals surface area contributed by atoms with E-state index in [0.717, 1.165) is 4.90 Å². The fraction of sp³-hybridized carbons (Fsp3) is 0.444. The Hall–Kier alpha value is -2.78. The van der Waals surface area contributed by atoms with Crippen LogP contribution in [0.3, 0.4) is 0 Å². The Kier molecular flexibility index (Phi) is 5.82. The van der Waals surface area contributed by atoms with Crippen LogP contribution in [-0.4, -0.2) is 66.0 Å². The zero-order chi connectivity index (χ0) is 19.4. The molecule has 0 saturated carbocycles. The van der Waals surface area contributed by atoms with Crippen LogP contribution in [0.2, 0.25) is 0 Å². The molecule has 9 nitrogen and oxygen atoms in total. The Morgan fingerprint density at radius 3 is 2.74 bits per heavy atom. The SMILES string of the molecule is O=C1CCC(N2C(=O)c3cccc(NCCOCCCO)c3C2=O)C(=O)N1. The fourth-order valence-electron chi connectivity index (χ4n) is 3.19. The van der Waals surface area contributed by atoms with Gasteiger partial charge in [-0.3, -0.25) is 29.4 Å². The van der Waals surface area contributed by atoms with E-state index in [1.807, 2.05) is 0 Å². The Labute approximate surface area is 155 Å². The number of carbonyl (C=O) groups is 4. The highest BCUT2D eigenvalue weighted by molar-refractivity contribution is 6.25. The van der Waals surface area contributed by atoms with Crippen LogP contribution in [-0.2, 0) is 14.3 Å². The number of imide groups is 2. The van der Waals surface area contributed by atoms with Crippen LogP contribution in [0.25, 0.3) is 0 Å². The van der Waals surface area contributed by atoms with Gasteiger partial charge in [0.05, 0.1) is 17.7 Å². The molecule has 2 aliphatic rings. The van der Waals surface area contributed by atoms with Gasteiger partial charge in [-0.1, -0.05) is 6.07 Å². The Bertz CT molecular complexity index is 778. The molecule has 0 aliphatic carbocycles. The minimum Gasteiger partial charge on any atom is -0.396 e. The fourth-order valence-corrected chi connectivity index (χ4v) is 3.19. The zero-order valence-corrected chi connectivity index (χ0v) is 14.7. The summed E-state index contributed by atoms with van der Waals surface area (Å²) in [6.45, 7) is 1.29. The topological polar surface area (TPSA) is 125 Å². The van der Waals surface area contributed by atoms with Gasteiger partial charge in [0.15, 0.2) is 0 Å². The van der Waals surface area contributed by atoms with E-state index in [-0.39, 0.29) is 30.6 Å². The third kappa shape index (κ3) is 3.83. The van der Waals surface area contributed by atoms with Crippen LogP contribution in [0, 0.1) is 0 Å². The van der Waals surface area contributed by atoms with Crippen molar-refractivity contribution in [2.45, 2.75) is 25.3 Å². The normalized spacial score (nSPS) is 19.3. The van der Waals surface area contributed by atoms with Gasteiger partial charge in [0, 0.05) is 31.9 Å². The minimum atomic E-state index is -0.982. The maximum Gasteiger partial charge on any atom is 0.264 e. The highest BCUT2D eigenvalue weighted by atomic mass is 16.5. The molecule has 1 saturated heterocycles. The number of aliphatic hydroxyl groups excluding tert-OH is 1. The standard InChI is InChI=1S/C18H21N3O6/c22-8-2-9-27-10-7-19-12-4-1-3-11-15(12)18(26)21(17(11)25)13-5-6-14(23)20-16(13)24/h1,3-4,13,19,22H,2,5-10H2,(H,20,23,24). The number of fused-ring (bicyclic) bond motifs is 1. The number of amides is 4. The quantitative estimate of drug-likeness (QED) is 0.428. The number of nitrogens with zero attached hydrogens (tertiary/aromatic N) is 1. The summed E-state index contributed by atoms with van der Waals surface area (Å²) < 4.78 is 5.33. The average Bonchev–Trinajstić information content (AvgIpc) is 2.90. The Morgan fingerprint density at radius 2 is 2.00 bits per heavy atom. The molecule has 2 aliphatic heterocycles. The molecule has 1 atom stereocenters. The molecule has 3 N–H and O–H groups in total. The summed E-state index contributed by atoms with van der Waals surface area (Å²) in [5.41, 5.74) is 0.949. The van der Waals surface area contributed by atoms with Crippen molar-refractivity contribution in [3.63, 3.8) is 0 Å². The van der Waals surface area contributed by atoms with Gasteiger partial charge in [-0.2, -0.15) is 0 Å². The van der Waals surface area contributed by atoms with E-state index < -0.39 is 29.7 Å². The summed E-state index contributed by atoms with van der Waals surface area (Å²) in [6, 6.07) is 3.91. The van der Waals surface area contributed by atoms with Gasteiger partial charge in [-0.25, -0.2) is 0 Å². The highest BCUT2D eigenvalue weighted by Crippen LogP contribution is 2.32. The van der Waals surface area contributed by atoms with Crippen molar-refractivity contribution in [3.8, 4) is 0 Å². The second-order valence-electron chi connectivity index (χ2n) is 6.29. The Morgan fingerprint density at radius 1 is 1.19 bits per heavy atom. The van der Waals surface area contributed by atoms with Gasteiger partial charge >= 0.3 is 0 Å². The van der Waals surface area contributed by atoms with Gasteiger partial charge in [-0.15, -0.1) is 0 Å². The predicted octanol–water partition coefficient (Wildman–Crippen LogP) is -0.101. The van der Waals surface area contributed by atoms with Crippen molar-refractivity contribution in [2.24, 2.45) is 0 Å². The van der Waals surface area contributed by atoms with Crippen LogP contribution in [0.1, 0.15) is 40.0 Å². The van der Waals surface area contributed by atoms with Crippen molar-refractivity contribution in [3.05, 3.63) is 29.3 Å². The molecule has 27 heavy (non-hydrogen) atoms. The largest absolute Gasteiger partial charge is 0.396 e. The molecule has 1 fully saturated rings. The van der Waals surface area contributed by atoms with Crippen molar-refractivity contribution in [1.82, 2.24) is 10.2 Å². The molecule has 4 amide bonds. The van der Waals surface area contributed by atoms with Crippen LogP contribution in [0.15, 0.2) is 18.2 Å². The van der Waals surface area contributed by atoms with E-state index in [0.29, 0.717) is 31.9 Å². The van der Waals surface area contributed by atoms with Gasteiger partial charge in [0.1, 0.15) is 6.04 Å². The summed E-state index contributed by atoms with van der Waals surface area (Å²) in [6.07, 6.45) is 0.756. The van der Waals surface area contributed by atoms with Crippen LogP contribution >= 0.6 is 0 Å². The molecule has 9 heteroatoms. The van der Waals surface area contributed by atoms with Gasteiger partial charge < -0.3 is 15.2 Å². The summed E-state index contributed by atoms with van der Waals surface area (Å²) in [7, 11) is 0. The zero-order valence-electron chi connectivity index (χ0n) is 14.7. The number of rotatable bonds is 8. The number of aliphatic hydroxyl groups is 1. The van der Waals surface area contributed by atoms with Crippen molar-refractivity contribution < 1.29 is 29.0 Å². The lowest BCUT2D eigenvalue weighted by molar-refractivity contribution is -0.136. The smallest absolute Gasteiger partial charge is 0.264 e. The van der Waals surface area contributed by atoms with E-state index in [1.54, 1.807) is 18.2 Å². The second kappa shape index (κ2) is 8.28. The number of hydrogen-bond acceptors (Lipinski definition) is 7. The lowest BCUT2D eigenvalue weighted by Gasteiger charge is -2.27. The molecule has 1 unspecified atom stereocenters. The maximum absolute atomic E-state index is 12.9. The number of nitrogens with one attached hydrogen (secondary N) is 2. The molecular weight excluding hydrogens is 354 g/mol. The molecule has 1 aromatic rings. The first-order valence-corrected chi connectivity index (χ1v) is 8.81. The number of ether oxygens (including phenoxy) is 1. The lowest BCUT2D eigenvalue weighted by atomic mass is 10.0. The molecule has 0 spiro atoms. The summed E-state index contributed by atoms with van der Waals surface area (Å²) in [5, 5.41) is 14.0. The third-order valence-electron chi connectivity index (χ3n) is 4.48. The van der Waals surface area contributed by atoms with Crippen LogP contribution in [0.5, 0.6) is 0 Å².